The first-order valence-corrected chi connectivity index (χ1v) is 5.95. The van der Waals surface area contributed by atoms with Crippen molar-refractivity contribution in [2.45, 2.75) is 38.3 Å². The molecule has 1 rings (SSSR count). The number of aliphatic hydroxyl groups excluding tert-OH is 1. The summed E-state index contributed by atoms with van der Waals surface area (Å²) in [5.74, 6) is -0.0594. The van der Waals surface area contributed by atoms with E-state index in [1.54, 1.807) is 4.90 Å². The Labute approximate surface area is 96.6 Å². The summed E-state index contributed by atoms with van der Waals surface area (Å²) >= 11 is 0. The van der Waals surface area contributed by atoms with Crippen molar-refractivity contribution in [1.29, 1.82) is 0 Å². The zero-order valence-corrected chi connectivity index (χ0v) is 9.89. The highest BCUT2D eigenvalue weighted by Crippen LogP contribution is 2.10. The Balaban J connectivity index is 2.49. The predicted octanol–water partition coefficient (Wildman–Crippen LogP) is -0.276. The largest absolute Gasteiger partial charge is 0.394 e. The third-order valence-corrected chi connectivity index (χ3v) is 2.91. The van der Waals surface area contributed by atoms with Gasteiger partial charge in [-0.25, -0.2) is 0 Å². The molecule has 1 amide bonds. The molecule has 0 aliphatic carbocycles. The SMILES string of the molecule is CCCCC(N)C(=O)N1CCOCC1CO. The van der Waals surface area contributed by atoms with Crippen LogP contribution in [0.2, 0.25) is 0 Å². The summed E-state index contributed by atoms with van der Waals surface area (Å²) in [6.07, 6.45) is 2.71. The van der Waals surface area contributed by atoms with Crippen molar-refractivity contribution in [3.63, 3.8) is 0 Å². The molecule has 2 atom stereocenters. The highest BCUT2D eigenvalue weighted by molar-refractivity contribution is 5.82. The molecule has 3 N–H and O–H groups in total. The van der Waals surface area contributed by atoms with E-state index in [2.05, 4.69) is 6.92 Å². The normalized spacial score (nSPS) is 23.2. The maximum Gasteiger partial charge on any atom is 0.239 e. The van der Waals surface area contributed by atoms with Crippen molar-refractivity contribution in [1.82, 2.24) is 4.90 Å². The molecule has 0 radical (unpaired) electrons. The molecule has 16 heavy (non-hydrogen) atoms. The van der Waals surface area contributed by atoms with Crippen molar-refractivity contribution in [3.05, 3.63) is 0 Å². The summed E-state index contributed by atoms with van der Waals surface area (Å²) in [5, 5.41) is 9.15. The van der Waals surface area contributed by atoms with E-state index >= 15 is 0 Å². The Morgan fingerprint density at radius 2 is 2.44 bits per heavy atom. The summed E-state index contributed by atoms with van der Waals surface area (Å²) in [4.78, 5) is 13.7. The molecule has 1 saturated heterocycles. The lowest BCUT2D eigenvalue weighted by atomic mass is 10.1. The average molecular weight is 230 g/mol. The molecule has 1 aliphatic rings. The molecule has 1 fully saturated rings. The molecule has 5 heteroatoms. The van der Waals surface area contributed by atoms with Crippen molar-refractivity contribution >= 4 is 5.91 Å². The summed E-state index contributed by atoms with van der Waals surface area (Å²) in [7, 11) is 0. The van der Waals surface area contributed by atoms with Crippen LogP contribution in [0.4, 0.5) is 0 Å². The topological polar surface area (TPSA) is 75.8 Å². The highest BCUT2D eigenvalue weighted by atomic mass is 16.5. The van der Waals surface area contributed by atoms with E-state index in [0.29, 0.717) is 26.2 Å². The summed E-state index contributed by atoms with van der Waals surface area (Å²) in [6, 6.07) is -0.666. The number of carbonyl (C=O) groups excluding carboxylic acids is 1. The molecule has 5 nitrogen and oxygen atoms in total. The van der Waals surface area contributed by atoms with Gasteiger partial charge in [0.05, 0.1) is 31.9 Å². The fraction of sp³-hybridized carbons (Fsp3) is 0.909. The van der Waals surface area contributed by atoms with Gasteiger partial charge in [0.2, 0.25) is 5.91 Å². The molecule has 0 aromatic rings. The predicted molar refractivity (Wildman–Crippen MR) is 60.9 cm³/mol. The number of carbonyl (C=O) groups is 1. The minimum Gasteiger partial charge on any atom is -0.394 e. The Bertz CT molecular complexity index is 223. The van der Waals surface area contributed by atoms with Crippen molar-refractivity contribution in [3.8, 4) is 0 Å². The standard InChI is InChI=1S/C11H22N2O3/c1-2-3-4-10(12)11(15)13-5-6-16-8-9(13)7-14/h9-10,14H,2-8,12H2,1H3. The van der Waals surface area contributed by atoms with E-state index in [-0.39, 0.29) is 18.6 Å². The van der Waals surface area contributed by atoms with E-state index in [4.69, 9.17) is 15.6 Å². The van der Waals surface area contributed by atoms with Crippen LogP contribution in [0.15, 0.2) is 0 Å². The lowest BCUT2D eigenvalue weighted by molar-refractivity contribution is -0.143. The number of hydrogen-bond acceptors (Lipinski definition) is 4. The number of unbranched alkanes of at least 4 members (excludes halogenated alkanes) is 1. The van der Waals surface area contributed by atoms with E-state index < -0.39 is 6.04 Å². The minimum absolute atomic E-state index is 0.0594. The summed E-state index contributed by atoms with van der Waals surface area (Å²) in [6.45, 7) is 3.48. The number of rotatable bonds is 5. The van der Waals surface area contributed by atoms with Crippen LogP contribution in [0.1, 0.15) is 26.2 Å². The molecule has 2 unspecified atom stereocenters. The van der Waals surface area contributed by atoms with Gasteiger partial charge in [-0.15, -0.1) is 0 Å². The molecule has 0 aromatic carbocycles. The van der Waals surface area contributed by atoms with E-state index in [9.17, 15) is 4.79 Å². The fourth-order valence-corrected chi connectivity index (χ4v) is 1.86. The smallest absolute Gasteiger partial charge is 0.239 e. The third-order valence-electron chi connectivity index (χ3n) is 2.91. The zero-order chi connectivity index (χ0) is 12.0. The first kappa shape index (κ1) is 13.4. The molecule has 0 aromatic heterocycles. The van der Waals surface area contributed by atoms with Gasteiger partial charge in [0, 0.05) is 6.54 Å². The van der Waals surface area contributed by atoms with Gasteiger partial charge in [-0.1, -0.05) is 19.8 Å². The van der Waals surface area contributed by atoms with Crippen molar-refractivity contribution in [2.24, 2.45) is 5.73 Å². The van der Waals surface area contributed by atoms with Crippen LogP contribution in [0.5, 0.6) is 0 Å². The van der Waals surface area contributed by atoms with Crippen molar-refractivity contribution in [2.75, 3.05) is 26.4 Å². The Kier molecular flexibility index (Phi) is 5.73. The number of nitrogens with zero attached hydrogens (tertiary/aromatic N) is 1. The number of amides is 1. The van der Waals surface area contributed by atoms with E-state index in [0.717, 1.165) is 12.8 Å². The first-order valence-electron chi connectivity index (χ1n) is 5.95. The molecule has 1 heterocycles. The van der Waals surface area contributed by atoms with Crippen LogP contribution >= 0.6 is 0 Å². The van der Waals surface area contributed by atoms with Gasteiger partial charge >= 0.3 is 0 Å². The third kappa shape index (κ3) is 3.43. The van der Waals surface area contributed by atoms with Gasteiger partial charge < -0.3 is 20.5 Å². The van der Waals surface area contributed by atoms with Gasteiger partial charge in [0.25, 0.3) is 0 Å². The van der Waals surface area contributed by atoms with Crippen LogP contribution in [-0.4, -0.2) is 54.4 Å². The van der Waals surface area contributed by atoms with Crippen LogP contribution in [-0.2, 0) is 9.53 Å². The summed E-state index contributed by atoms with van der Waals surface area (Å²) in [5.41, 5.74) is 5.84. The number of ether oxygens (including phenoxy) is 1. The van der Waals surface area contributed by atoms with Gasteiger partial charge in [0.1, 0.15) is 0 Å². The Hall–Kier alpha value is -0.650. The molecule has 94 valence electrons. The minimum atomic E-state index is -0.438. The maximum absolute atomic E-state index is 12.0. The Morgan fingerprint density at radius 1 is 1.69 bits per heavy atom. The number of nitrogens with two attached hydrogens (primary N) is 1. The van der Waals surface area contributed by atoms with Gasteiger partial charge in [-0.05, 0) is 6.42 Å². The number of morpholine rings is 1. The lowest BCUT2D eigenvalue weighted by Gasteiger charge is -2.36. The second-order valence-electron chi connectivity index (χ2n) is 4.19. The molecule has 0 saturated carbocycles. The van der Waals surface area contributed by atoms with Crippen LogP contribution in [0, 0.1) is 0 Å². The zero-order valence-electron chi connectivity index (χ0n) is 9.89. The second kappa shape index (κ2) is 6.83. The van der Waals surface area contributed by atoms with Crippen LogP contribution in [0.25, 0.3) is 0 Å². The van der Waals surface area contributed by atoms with Gasteiger partial charge in [-0.2, -0.15) is 0 Å². The average Bonchev–Trinajstić information content (AvgIpc) is 2.34. The van der Waals surface area contributed by atoms with Crippen molar-refractivity contribution < 1.29 is 14.6 Å². The molecular formula is C11H22N2O3. The van der Waals surface area contributed by atoms with E-state index in [1.807, 2.05) is 0 Å². The summed E-state index contributed by atoms with van der Waals surface area (Å²) < 4.78 is 5.22. The number of aliphatic hydroxyl groups is 1. The van der Waals surface area contributed by atoms with Crippen LogP contribution in [0.3, 0.4) is 0 Å². The molecule has 1 aliphatic heterocycles. The Morgan fingerprint density at radius 3 is 3.06 bits per heavy atom. The maximum atomic E-state index is 12.0. The molecule has 0 spiro atoms. The highest BCUT2D eigenvalue weighted by Gasteiger charge is 2.29. The second-order valence-corrected chi connectivity index (χ2v) is 4.19. The number of hydrogen-bond donors (Lipinski definition) is 2. The first-order chi connectivity index (χ1) is 7.70. The van der Waals surface area contributed by atoms with Gasteiger partial charge in [0.15, 0.2) is 0 Å². The van der Waals surface area contributed by atoms with Crippen LogP contribution < -0.4 is 5.73 Å². The lowest BCUT2D eigenvalue weighted by Crippen LogP contribution is -2.55. The molecular weight excluding hydrogens is 208 g/mol. The monoisotopic (exact) mass is 230 g/mol. The fourth-order valence-electron chi connectivity index (χ4n) is 1.86. The van der Waals surface area contributed by atoms with E-state index in [1.165, 1.54) is 0 Å². The molecule has 0 bridgehead atoms. The van der Waals surface area contributed by atoms with Gasteiger partial charge in [-0.3, -0.25) is 4.79 Å². The quantitative estimate of drug-likeness (QED) is 0.681.